The lowest BCUT2D eigenvalue weighted by atomic mass is 9.82. The summed E-state index contributed by atoms with van der Waals surface area (Å²) in [6.45, 7) is 9.58. The van der Waals surface area contributed by atoms with Crippen LogP contribution in [-0.4, -0.2) is 72.6 Å². The van der Waals surface area contributed by atoms with E-state index in [2.05, 4.69) is 11.8 Å². The van der Waals surface area contributed by atoms with Gasteiger partial charge in [-0.2, -0.15) is 0 Å². The van der Waals surface area contributed by atoms with Crippen molar-refractivity contribution in [3.63, 3.8) is 0 Å². The number of nitrogens with zero attached hydrogens (tertiary/aromatic N) is 2. The number of esters is 2. The van der Waals surface area contributed by atoms with E-state index in [0.717, 1.165) is 19.6 Å². The molecule has 2 saturated heterocycles. The molecule has 3 aliphatic heterocycles. The first kappa shape index (κ1) is 19.9. The predicted molar refractivity (Wildman–Crippen MR) is 98.8 cm³/mol. The lowest BCUT2D eigenvalue weighted by Crippen LogP contribution is -2.50. The van der Waals surface area contributed by atoms with Crippen LogP contribution >= 0.6 is 0 Å². The molecular formula is C20H30N2O5. The Balaban J connectivity index is 1.71. The van der Waals surface area contributed by atoms with Gasteiger partial charge in [0, 0.05) is 44.6 Å². The summed E-state index contributed by atoms with van der Waals surface area (Å²) in [6, 6.07) is 0. The van der Waals surface area contributed by atoms with Gasteiger partial charge in [0.25, 0.3) is 5.91 Å². The highest BCUT2D eigenvalue weighted by atomic mass is 16.6. The number of hydrogen-bond donors (Lipinski definition) is 0. The molecule has 27 heavy (non-hydrogen) atoms. The Labute approximate surface area is 160 Å². The molecule has 0 atom stereocenters. The minimum atomic E-state index is -0.776. The maximum atomic E-state index is 13.3. The van der Waals surface area contributed by atoms with Crippen LogP contribution in [0.15, 0.2) is 11.1 Å². The van der Waals surface area contributed by atoms with Crippen LogP contribution < -0.4 is 0 Å². The van der Waals surface area contributed by atoms with Gasteiger partial charge in [0.05, 0.1) is 18.1 Å². The molecule has 2 fully saturated rings. The molecular weight excluding hydrogens is 348 g/mol. The SMILES string of the molecule is CCOC(=O)C1CCN(C(=O)C2=C(C)C(=O)OC23CCN(CC)CC3)CC1. The normalized spacial score (nSPS) is 23.7. The van der Waals surface area contributed by atoms with Gasteiger partial charge in [-0.1, -0.05) is 6.92 Å². The lowest BCUT2D eigenvalue weighted by molar-refractivity contribution is -0.153. The van der Waals surface area contributed by atoms with Crippen molar-refractivity contribution in [3.05, 3.63) is 11.1 Å². The largest absolute Gasteiger partial charge is 0.466 e. The third-order valence-electron chi connectivity index (χ3n) is 6.15. The first-order valence-electron chi connectivity index (χ1n) is 10.0. The number of carbonyl (C=O) groups excluding carboxylic acids is 3. The molecule has 0 aromatic carbocycles. The van der Waals surface area contributed by atoms with E-state index in [1.807, 2.05) is 0 Å². The zero-order valence-corrected chi connectivity index (χ0v) is 16.6. The van der Waals surface area contributed by atoms with Gasteiger partial charge >= 0.3 is 11.9 Å². The van der Waals surface area contributed by atoms with E-state index in [-0.39, 0.29) is 23.8 Å². The quantitative estimate of drug-likeness (QED) is 0.691. The number of hydrogen-bond acceptors (Lipinski definition) is 6. The van der Waals surface area contributed by atoms with Crippen molar-refractivity contribution in [1.29, 1.82) is 0 Å². The van der Waals surface area contributed by atoms with E-state index >= 15 is 0 Å². The Morgan fingerprint density at radius 3 is 2.33 bits per heavy atom. The highest BCUT2D eigenvalue weighted by molar-refractivity contribution is 6.07. The zero-order valence-electron chi connectivity index (χ0n) is 16.6. The summed E-state index contributed by atoms with van der Waals surface area (Å²) in [5.74, 6) is -0.801. The maximum Gasteiger partial charge on any atom is 0.335 e. The monoisotopic (exact) mass is 378 g/mol. The Morgan fingerprint density at radius 2 is 1.78 bits per heavy atom. The first-order valence-corrected chi connectivity index (χ1v) is 10.0. The Bertz CT molecular complexity index is 641. The fourth-order valence-corrected chi connectivity index (χ4v) is 4.42. The molecule has 0 unspecified atom stereocenters. The third-order valence-corrected chi connectivity index (χ3v) is 6.15. The van der Waals surface area contributed by atoms with Gasteiger partial charge < -0.3 is 19.3 Å². The number of rotatable bonds is 4. The molecule has 0 aromatic rings. The number of ether oxygens (including phenoxy) is 2. The second-order valence-corrected chi connectivity index (χ2v) is 7.64. The molecule has 1 amide bonds. The van der Waals surface area contributed by atoms with Gasteiger partial charge in [-0.15, -0.1) is 0 Å². The highest BCUT2D eigenvalue weighted by Crippen LogP contribution is 2.42. The molecule has 0 N–H and O–H groups in total. The molecule has 3 aliphatic rings. The van der Waals surface area contributed by atoms with Gasteiger partial charge in [0.15, 0.2) is 0 Å². The Morgan fingerprint density at radius 1 is 1.15 bits per heavy atom. The first-order chi connectivity index (χ1) is 12.9. The average molecular weight is 378 g/mol. The van der Waals surface area contributed by atoms with Gasteiger partial charge in [0.2, 0.25) is 0 Å². The lowest BCUT2D eigenvalue weighted by Gasteiger charge is -2.40. The summed E-state index contributed by atoms with van der Waals surface area (Å²) >= 11 is 0. The summed E-state index contributed by atoms with van der Waals surface area (Å²) < 4.78 is 10.8. The van der Waals surface area contributed by atoms with Crippen LogP contribution in [0.25, 0.3) is 0 Å². The fourth-order valence-electron chi connectivity index (χ4n) is 4.42. The van der Waals surface area contributed by atoms with Crippen molar-refractivity contribution in [3.8, 4) is 0 Å². The molecule has 3 heterocycles. The van der Waals surface area contributed by atoms with Crippen molar-refractivity contribution in [2.45, 2.75) is 52.1 Å². The van der Waals surface area contributed by atoms with Crippen LogP contribution in [-0.2, 0) is 23.9 Å². The summed E-state index contributed by atoms with van der Waals surface area (Å²) in [6.07, 6.45) is 2.51. The minimum Gasteiger partial charge on any atom is -0.466 e. The number of likely N-dealkylation sites (tertiary alicyclic amines) is 2. The molecule has 3 rings (SSSR count). The molecule has 7 nitrogen and oxygen atoms in total. The third kappa shape index (κ3) is 3.74. The molecule has 150 valence electrons. The molecule has 0 saturated carbocycles. The van der Waals surface area contributed by atoms with Crippen molar-refractivity contribution < 1.29 is 23.9 Å². The zero-order chi connectivity index (χ0) is 19.6. The van der Waals surface area contributed by atoms with Gasteiger partial charge in [-0.3, -0.25) is 9.59 Å². The predicted octanol–water partition coefficient (Wildman–Crippen LogP) is 1.52. The summed E-state index contributed by atoms with van der Waals surface area (Å²) in [4.78, 5) is 41.6. The van der Waals surface area contributed by atoms with Crippen LogP contribution in [0.5, 0.6) is 0 Å². The van der Waals surface area contributed by atoms with Gasteiger partial charge in [-0.25, -0.2) is 4.79 Å². The molecule has 0 aliphatic carbocycles. The number of piperidine rings is 2. The Kier molecular flexibility index (Phi) is 5.89. The van der Waals surface area contributed by atoms with Crippen LogP contribution in [0.3, 0.4) is 0 Å². The van der Waals surface area contributed by atoms with Crippen molar-refractivity contribution in [1.82, 2.24) is 9.80 Å². The Hall–Kier alpha value is -1.89. The van der Waals surface area contributed by atoms with Crippen LogP contribution in [0.2, 0.25) is 0 Å². The number of amides is 1. The van der Waals surface area contributed by atoms with Crippen LogP contribution in [0.1, 0.15) is 46.5 Å². The van der Waals surface area contributed by atoms with Crippen LogP contribution in [0, 0.1) is 5.92 Å². The van der Waals surface area contributed by atoms with E-state index < -0.39 is 5.60 Å². The molecule has 0 bridgehead atoms. The topological polar surface area (TPSA) is 76.1 Å². The van der Waals surface area contributed by atoms with Gasteiger partial charge in [0.1, 0.15) is 5.60 Å². The fraction of sp³-hybridized carbons (Fsp3) is 0.750. The maximum absolute atomic E-state index is 13.3. The molecule has 7 heteroatoms. The number of carbonyl (C=O) groups is 3. The standard InChI is InChI=1S/C20H30N2O5/c1-4-21-12-8-20(9-13-21)16(14(3)18(24)27-20)17(23)22-10-6-15(7-11-22)19(25)26-5-2/h15H,4-13H2,1-3H3. The van der Waals surface area contributed by atoms with E-state index in [0.29, 0.717) is 56.5 Å². The highest BCUT2D eigenvalue weighted by Gasteiger charge is 2.51. The van der Waals surface area contributed by atoms with E-state index in [1.165, 1.54) is 0 Å². The molecule has 0 aromatic heterocycles. The van der Waals surface area contributed by atoms with Crippen molar-refractivity contribution in [2.75, 3.05) is 39.3 Å². The second-order valence-electron chi connectivity index (χ2n) is 7.64. The summed E-state index contributed by atoms with van der Waals surface area (Å²) in [5, 5.41) is 0. The minimum absolute atomic E-state index is 0.106. The van der Waals surface area contributed by atoms with E-state index in [4.69, 9.17) is 9.47 Å². The molecule has 0 radical (unpaired) electrons. The smallest absolute Gasteiger partial charge is 0.335 e. The van der Waals surface area contributed by atoms with Crippen molar-refractivity contribution in [2.24, 2.45) is 5.92 Å². The average Bonchev–Trinajstić information content (AvgIpc) is 2.92. The van der Waals surface area contributed by atoms with Crippen LogP contribution in [0.4, 0.5) is 0 Å². The summed E-state index contributed by atoms with van der Waals surface area (Å²) in [5.41, 5.74) is 0.206. The summed E-state index contributed by atoms with van der Waals surface area (Å²) in [7, 11) is 0. The van der Waals surface area contributed by atoms with E-state index in [1.54, 1.807) is 18.7 Å². The van der Waals surface area contributed by atoms with E-state index in [9.17, 15) is 14.4 Å². The second kappa shape index (κ2) is 8.00. The molecule has 1 spiro atoms. The van der Waals surface area contributed by atoms with Gasteiger partial charge in [-0.05, 0) is 33.2 Å². The van der Waals surface area contributed by atoms with Crippen molar-refractivity contribution >= 4 is 17.8 Å².